The Balaban J connectivity index is 0.00000341. The average molecular weight is 557 g/mol. The summed E-state index contributed by atoms with van der Waals surface area (Å²) in [6.07, 6.45) is 3.45. The van der Waals surface area contributed by atoms with Crippen LogP contribution < -0.4 is 15.4 Å². The summed E-state index contributed by atoms with van der Waals surface area (Å²) in [6.45, 7) is 1.40. The number of ether oxygens (including phenoxy) is 1. The third-order valence-electron chi connectivity index (χ3n) is 5.12. The van der Waals surface area contributed by atoms with Gasteiger partial charge in [-0.05, 0) is 48.9 Å². The van der Waals surface area contributed by atoms with Gasteiger partial charge in [-0.25, -0.2) is 8.42 Å². The van der Waals surface area contributed by atoms with Crippen molar-refractivity contribution in [3.63, 3.8) is 0 Å². The van der Waals surface area contributed by atoms with Crippen LogP contribution in [0.5, 0.6) is 5.75 Å². The molecule has 1 aliphatic heterocycles. The van der Waals surface area contributed by atoms with Crippen LogP contribution in [0.25, 0.3) is 0 Å². The number of sulfone groups is 1. The van der Waals surface area contributed by atoms with E-state index in [4.69, 9.17) is 4.74 Å². The van der Waals surface area contributed by atoms with Crippen molar-refractivity contribution in [1.29, 1.82) is 0 Å². The number of benzene rings is 2. The van der Waals surface area contributed by atoms with Crippen molar-refractivity contribution in [3.8, 4) is 5.75 Å². The molecule has 1 atom stereocenters. The molecule has 170 valence electrons. The molecule has 1 saturated heterocycles. The molecule has 2 aromatic rings. The number of hydrogen-bond donors (Lipinski definition) is 2. The van der Waals surface area contributed by atoms with Crippen LogP contribution in [0.2, 0.25) is 0 Å². The molecular weight excluding hydrogens is 525 g/mol. The van der Waals surface area contributed by atoms with Gasteiger partial charge in [0.15, 0.2) is 15.8 Å². The fourth-order valence-electron chi connectivity index (χ4n) is 3.52. The highest BCUT2D eigenvalue weighted by Crippen LogP contribution is 2.15. The molecular formula is C23H32IN3O3S. The fraction of sp³-hybridized carbons (Fsp3) is 0.435. The maximum absolute atomic E-state index is 11.6. The minimum Gasteiger partial charge on any atom is -0.494 e. The molecule has 1 heterocycles. The lowest BCUT2D eigenvalue weighted by Gasteiger charge is -2.16. The zero-order valence-corrected chi connectivity index (χ0v) is 21.1. The highest BCUT2D eigenvalue weighted by atomic mass is 127. The number of aryl methyl sites for hydroxylation is 1. The van der Waals surface area contributed by atoms with Gasteiger partial charge in [-0.15, -0.1) is 24.0 Å². The summed E-state index contributed by atoms with van der Waals surface area (Å²) in [7, 11) is -1.21. The third-order valence-corrected chi connectivity index (χ3v) is 6.89. The van der Waals surface area contributed by atoms with Crippen LogP contribution in [0.15, 0.2) is 59.6 Å². The Kier molecular flexibility index (Phi) is 10.6. The van der Waals surface area contributed by atoms with Crippen LogP contribution in [0.1, 0.15) is 24.0 Å². The lowest BCUT2D eigenvalue weighted by Crippen LogP contribution is -2.44. The van der Waals surface area contributed by atoms with E-state index in [1.54, 1.807) is 7.05 Å². The average Bonchev–Trinajstić information content (AvgIpc) is 3.10. The van der Waals surface area contributed by atoms with E-state index < -0.39 is 9.84 Å². The summed E-state index contributed by atoms with van der Waals surface area (Å²) >= 11 is 0. The zero-order chi connectivity index (χ0) is 21.2. The Hall–Kier alpha value is -1.81. The second-order valence-electron chi connectivity index (χ2n) is 7.58. The van der Waals surface area contributed by atoms with Gasteiger partial charge in [-0.2, -0.15) is 0 Å². The first-order chi connectivity index (χ1) is 14.5. The largest absolute Gasteiger partial charge is 0.494 e. The third kappa shape index (κ3) is 9.06. The number of nitrogens with one attached hydrogen (secondary N) is 2. The van der Waals surface area contributed by atoms with Crippen LogP contribution in [-0.4, -0.2) is 52.1 Å². The van der Waals surface area contributed by atoms with Gasteiger partial charge in [0.2, 0.25) is 0 Å². The number of rotatable bonds is 9. The van der Waals surface area contributed by atoms with Crippen molar-refractivity contribution >= 4 is 39.8 Å². The number of nitrogens with zero attached hydrogens (tertiary/aromatic N) is 1. The van der Waals surface area contributed by atoms with E-state index in [1.807, 2.05) is 18.2 Å². The normalized spacial score (nSPS) is 17.6. The smallest absolute Gasteiger partial charge is 0.191 e. The monoisotopic (exact) mass is 557 g/mol. The Morgan fingerprint density at radius 3 is 2.58 bits per heavy atom. The SMILES string of the molecule is CN=C(NCCc1cccc(OCCCc2ccccc2)c1)NC1CCS(=O)(=O)C1.I. The number of guanidine groups is 1. The minimum absolute atomic E-state index is 0. The zero-order valence-electron chi connectivity index (χ0n) is 17.9. The highest BCUT2D eigenvalue weighted by molar-refractivity contribution is 14.0. The second kappa shape index (κ2) is 12.9. The predicted octanol–water partition coefficient (Wildman–Crippen LogP) is 3.21. The van der Waals surface area contributed by atoms with E-state index >= 15 is 0 Å². The Bertz CT molecular complexity index is 936. The molecule has 6 nitrogen and oxygen atoms in total. The van der Waals surface area contributed by atoms with E-state index in [9.17, 15) is 8.42 Å². The lowest BCUT2D eigenvalue weighted by atomic mass is 10.1. The Morgan fingerprint density at radius 1 is 1.10 bits per heavy atom. The van der Waals surface area contributed by atoms with Gasteiger partial charge in [0.1, 0.15) is 5.75 Å². The topological polar surface area (TPSA) is 79.8 Å². The summed E-state index contributed by atoms with van der Waals surface area (Å²) in [4.78, 5) is 4.20. The quantitative estimate of drug-likeness (QED) is 0.214. The van der Waals surface area contributed by atoms with Crippen molar-refractivity contribution in [2.45, 2.75) is 31.7 Å². The molecule has 0 bridgehead atoms. The lowest BCUT2D eigenvalue weighted by molar-refractivity contribution is 0.310. The molecule has 1 fully saturated rings. The summed E-state index contributed by atoms with van der Waals surface area (Å²) in [5.74, 6) is 1.96. The van der Waals surface area contributed by atoms with Gasteiger partial charge in [-0.1, -0.05) is 42.5 Å². The van der Waals surface area contributed by atoms with Crippen molar-refractivity contribution in [3.05, 3.63) is 65.7 Å². The van der Waals surface area contributed by atoms with Crippen LogP contribution in [-0.2, 0) is 22.7 Å². The molecule has 0 spiro atoms. The molecule has 0 aromatic heterocycles. The first-order valence-electron chi connectivity index (χ1n) is 10.5. The van der Waals surface area contributed by atoms with E-state index in [2.05, 4.69) is 52.0 Å². The first kappa shape index (κ1) is 25.5. The van der Waals surface area contributed by atoms with Crippen molar-refractivity contribution in [2.24, 2.45) is 4.99 Å². The van der Waals surface area contributed by atoms with Crippen molar-refractivity contribution in [1.82, 2.24) is 10.6 Å². The van der Waals surface area contributed by atoms with Crippen LogP contribution in [0.3, 0.4) is 0 Å². The van der Waals surface area contributed by atoms with Crippen LogP contribution >= 0.6 is 24.0 Å². The van der Waals surface area contributed by atoms with E-state index in [0.717, 1.165) is 25.0 Å². The maximum Gasteiger partial charge on any atom is 0.191 e. The summed E-state index contributed by atoms with van der Waals surface area (Å²) < 4.78 is 29.1. The molecule has 31 heavy (non-hydrogen) atoms. The molecule has 8 heteroatoms. The minimum atomic E-state index is -2.90. The molecule has 0 aliphatic carbocycles. The van der Waals surface area contributed by atoms with Gasteiger partial charge in [0.05, 0.1) is 18.1 Å². The highest BCUT2D eigenvalue weighted by Gasteiger charge is 2.28. The molecule has 0 amide bonds. The molecule has 2 aromatic carbocycles. The predicted molar refractivity (Wildman–Crippen MR) is 137 cm³/mol. The molecule has 2 N–H and O–H groups in total. The summed E-state index contributed by atoms with van der Waals surface area (Å²) in [6, 6.07) is 18.5. The number of halogens is 1. The van der Waals surface area contributed by atoms with E-state index in [1.165, 1.54) is 11.1 Å². The number of hydrogen-bond acceptors (Lipinski definition) is 4. The Morgan fingerprint density at radius 2 is 1.87 bits per heavy atom. The maximum atomic E-state index is 11.6. The second-order valence-corrected chi connectivity index (χ2v) is 9.81. The molecule has 1 aliphatic rings. The summed E-state index contributed by atoms with van der Waals surface area (Å²) in [5, 5.41) is 6.47. The van der Waals surface area contributed by atoms with Gasteiger partial charge in [0.25, 0.3) is 0 Å². The van der Waals surface area contributed by atoms with E-state index in [-0.39, 0.29) is 41.5 Å². The van der Waals surface area contributed by atoms with E-state index in [0.29, 0.717) is 25.5 Å². The molecule has 1 unspecified atom stereocenters. The molecule has 0 saturated carbocycles. The van der Waals surface area contributed by atoms with Gasteiger partial charge in [0, 0.05) is 19.6 Å². The standard InChI is InChI=1S/C23H31N3O3S.HI/c1-24-23(26-21-13-16-30(27,28)18-21)25-14-12-20-9-5-11-22(17-20)29-15-6-10-19-7-3-2-4-8-19;/h2-5,7-9,11,17,21H,6,10,12-16,18H2,1H3,(H2,24,25,26);1H. The fourth-order valence-corrected chi connectivity index (χ4v) is 5.20. The van der Waals surface area contributed by atoms with Crippen LogP contribution in [0, 0.1) is 0 Å². The van der Waals surface area contributed by atoms with Crippen molar-refractivity contribution < 1.29 is 13.2 Å². The van der Waals surface area contributed by atoms with Crippen LogP contribution in [0.4, 0.5) is 0 Å². The van der Waals surface area contributed by atoms with Crippen molar-refractivity contribution in [2.75, 3.05) is 31.7 Å². The number of aliphatic imine (C=N–C) groups is 1. The van der Waals surface area contributed by atoms with Gasteiger partial charge in [-0.3, -0.25) is 4.99 Å². The molecule has 3 rings (SSSR count). The van der Waals surface area contributed by atoms with Gasteiger partial charge >= 0.3 is 0 Å². The first-order valence-corrected chi connectivity index (χ1v) is 12.3. The molecule has 0 radical (unpaired) electrons. The van der Waals surface area contributed by atoms with Gasteiger partial charge < -0.3 is 15.4 Å². The summed E-state index contributed by atoms with van der Waals surface area (Å²) in [5.41, 5.74) is 2.51. The Labute approximate surface area is 202 Å².